The molecule has 1 aliphatic heterocycles. The van der Waals surface area contributed by atoms with E-state index in [1.165, 1.54) is 6.07 Å². The standard InChI is InChI=1S/C16H19NO4/c1-10-14(19)5-4-13-11(7-15(20)21-16(10)13)8-17-6-2-3-12(18)9-17/h4-5,7,12,18-19H,2-3,6,8-9H2,1H3. The van der Waals surface area contributed by atoms with Crippen LogP contribution in [-0.4, -0.2) is 34.3 Å². The molecular formula is C16H19NO4. The molecule has 0 bridgehead atoms. The number of aliphatic hydroxyl groups is 1. The first-order valence-electron chi connectivity index (χ1n) is 7.20. The third kappa shape index (κ3) is 2.80. The molecule has 1 unspecified atom stereocenters. The minimum atomic E-state index is -0.413. The highest BCUT2D eigenvalue weighted by Crippen LogP contribution is 2.28. The fourth-order valence-corrected chi connectivity index (χ4v) is 2.96. The van der Waals surface area contributed by atoms with Crippen molar-refractivity contribution in [1.82, 2.24) is 4.90 Å². The van der Waals surface area contributed by atoms with Crippen molar-refractivity contribution in [2.24, 2.45) is 0 Å². The molecule has 1 fully saturated rings. The minimum absolute atomic E-state index is 0.121. The Morgan fingerprint density at radius 3 is 3.00 bits per heavy atom. The Morgan fingerprint density at radius 2 is 2.24 bits per heavy atom. The van der Waals surface area contributed by atoms with E-state index >= 15 is 0 Å². The van der Waals surface area contributed by atoms with Gasteiger partial charge in [-0.05, 0) is 44.0 Å². The van der Waals surface area contributed by atoms with Crippen LogP contribution in [0.5, 0.6) is 5.75 Å². The lowest BCUT2D eigenvalue weighted by Crippen LogP contribution is -2.37. The first-order chi connectivity index (χ1) is 10.0. The van der Waals surface area contributed by atoms with Gasteiger partial charge in [-0.25, -0.2) is 4.79 Å². The zero-order valence-corrected chi connectivity index (χ0v) is 12.0. The van der Waals surface area contributed by atoms with Gasteiger partial charge in [0.05, 0.1) is 6.10 Å². The summed E-state index contributed by atoms with van der Waals surface area (Å²) in [5.41, 5.74) is 1.47. The van der Waals surface area contributed by atoms with Gasteiger partial charge < -0.3 is 14.6 Å². The van der Waals surface area contributed by atoms with E-state index in [1.807, 2.05) is 0 Å². The quantitative estimate of drug-likeness (QED) is 0.824. The van der Waals surface area contributed by atoms with Crippen LogP contribution in [0.2, 0.25) is 0 Å². The average Bonchev–Trinajstić information content (AvgIpc) is 2.43. The topological polar surface area (TPSA) is 73.9 Å². The zero-order valence-electron chi connectivity index (χ0n) is 12.0. The summed E-state index contributed by atoms with van der Waals surface area (Å²) in [6.45, 7) is 3.87. The zero-order chi connectivity index (χ0) is 15.0. The number of aromatic hydroxyl groups is 1. The van der Waals surface area contributed by atoms with Crippen LogP contribution in [-0.2, 0) is 6.54 Å². The van der Waals surface area contributed by atoms with Gasteiger partial charge in [0.25, 0.3) is 0 Å². The first-order valence-corrected chi connectivity index (χ1v) is 7.20. The van der Waals surface area contributed by atoms with Crippen LogP contribution in [0.15, 0.2) is 27.4 Å². The van der Waals surface area contributed by atoms with Crippen LogP contribution in [0.4, 0.5) is 0 Å². The molecule has 0 radical (unpaired) electrons. The van der Waals surface area contributed by atoms with Crippen molar-refractivity contribution in [3.63, 3.8) is 0 Å². The van der Waals surface area contributed by atoms with Gasteiger partial charge in [0.2, 0.25) is 0 Å². The van der Waals surface area contributed by atoms with Gasteiger partial charge in [-0.2, -0.15) is 0 Å². The number of hydrogen-bond donors (Lipinski definition) is 2. The Morgan fingerprint density at radius 1 is 1.43 bits per heavy atom. The van der Waals surface area contributed by atoms with Crippen molar-refractivity contribution in [2.45, 2.75) is 32.4 Å². The maximum atomic E-state index is 11.8. The fraction of sp³-hybridized carbons (Fsp3) is 0.438. The highest BCUT2D eigenvalue weighted by molar-refractivity contribution is 5.84. The normalized spacial score (nSPS) is 20.0. The highest BCUT2D eigenvalue weighted by atomic mass is 16.4. The predicted octanol–water partition coefficient (Wildman–Crippen LogP) is 1.76. The van der Waals surface area contributed by atoms with Crippen LogP contribution in [0, 0.1) is 6.92 Å². The Bertz CT molecular complexity index is 722. The van der Waals surface area contributed by atoms with Gasteiger partial charge in [-0.15, -0.1) is 0 Å². The molecule has 0 aliphatic carbocycles. The summed E-state index contributed by atoms with van der Waals surface area (Å²) in [5, 5.41) is 20.3. The molecule has 1 atom stereocenters. The molecule has 1 aromatic carbocycles. The number of rotatable bonds is 2. The summed E-state index contributed by atoms with van der Waals surface area (Å²) in [7, 11) is 0. The molecule has 21 heavy (non-hydrogen) atoms. The maximum absolute atomic E-state index is 11.8. The predicted molar refractivity (Wildman–Crippen MR) is 79.4 cm³/mol. The second kappa shape index (κ2) is 5.50. The molecule has 2 N–H and O–H groups in total. The number of aryl methyl sites for hydroxylation is 1. The monoisotopic (exact) mass is 289 g/mol. The molecule has 1 saturated heterocycles. The molecule has 0 amide bonds. The van der Waals surface area contributed by atoms with Crippen LogP contribution in [0.25, 0.3) is 11.0 Å². The van der Waals surface area contributed by atoms with Crippen LogP contribution < -0.4 is 5.63 Å². The Hall–Kier alpha value is -1.85. The summed E-state index contributed by atoms with van der Waals surface area (Å²) in [4.78, 5) is 13.9. The molecular weight excluding hydrogens is 270 g/mol. The average molecular weight is 289 g/mol. The van der Waals surface area contributed by atoms with Crippen LogP contribution in [0.1, 0.15) is 24.0 Å². The third-order valence-electron chi connectivity index (χ3n) is 4.09. The largest absolute Gasteiger partial charge is 0.508 e. The first kappa shape index (κ1) is 14.1. The number of nitrogens with zero attached hydrogens (tertiary/aromatic N) is 1. The van der Waals surface area contributed by atoms with E-state index in [2.05, 4.69) is 4.90 Å². The minimum Gasteiger partial charge on any atom is -0.508 e. The summed E-state index contributed by atoms with van der Waals surface area (Å²) in [6, 6.07) is 4.89. The van der Waals surface area contributed by atoms with Gasteiger partial charge in [-0.3, -0.25) is 4.90 Å². The number of benzene rings is 1. The maximum Gasteiger partial charge on any atom is 0.336 e. The van der Waals surface area contributed by atoms with Crippen molar-refractivity contribution in [3.05, 3.63) is 39.7 Å². The van der Waals surface area contributed by atoms with Crippen molar-refractivity contribution in [1.29, 1.82) is 0 Å². The van der Waals surface area contributed by atoms with E-state index in [0.29, 0.717) is 24.2 Å². The lowest BCUT2D eigenvalue weighted by Gasteiger charge is -2.30. The summed E-state index contributed by atoms with van der Waals surface area (Å²) in [5.74, 6) is 0.121. The highest BCUT2D eigenvalue weighted by Gasteiger charge is 2.19. The smallest absolute Gasteiger partial charge is 0.336 e. The molecule has 3 rings (SSSR count). The Balaban J connectivity index is 2.02. The second-order valence-corrected chi connectivity index (χ2v) is 5.71. The molecule has 0 spiro atoms. The lowest BCUT2D eigenvalue weighted by atomic mass is 10.0. The summed E-state index contributed by atoms with van der Waals surface area (Å²) < 4.78 is 5.24. The van der Waals surface area contributed by atoms with Gasteiger partial charge >= 0.3 is 5.63 Å². The molecule has 1 aromatic heterocycles. The number of aliphatic hydroxyl groups excluding tert-OH is 1. The molecule has 112 valence electrons. The Kier molecular flexibility index (Phi) is 3.69. The molecule has 1 aliphatic rings. The van der Waals surface area contributed by atoms with Crippen LogP contribution >= 0.6 is 0 Å². The van der Waals surface area contributed by atoms with E-state index < -0.39 is 5.63 Å². The van der Waals surface area contributed by atoms with Crippen LogP contribution in [0.3, 0.4) is 0 Å². The lowest BCUT2D eigenvalue weighted by molar-refractivity contribution is 0.0670. The molecule has 5 nitrogen and oxygen atoms in total. The van der Waals surface area contributed by atoms with Gasteiger partial charge in [0.1, 0.15) is 11.3 Å². The number of phenolic OH excluding ortho intramolecular Hbond substituents is 1. The number of piperidine rings is 1. The van der Waals surface area contributed by atoms with E-state index in [4.69, 9.17) is 4.42 Å². The number of phenols is 1. The van der Waals surface area contributed by atoms with Crippen molar-refractivity contribution < 1.29 is 14.6 Å². The van der Waals surface area contributed by atoms with E-state index in [0.717, 1.165) is 30.3 Å². The third-order valence-corrected chi connectivity index (χ3v) is 4.09. The second-order valence-electron chi connectivity index (χ2n) is 5.71. The number of likely N-dealkylation sites (tertiary alicyclic amines) is 1. The SMILES string of the molecule is Cc1c(O)ccc2c(CN3CCCC(O)C3)cc(=O)oc12. The molecule has 0 saturated carbocycles. The van der Waals surface area contributed by atoms with E-state index in [9.17, 15) is 15.0 Å². The van der Waals surface area contributed by atoms with E-state index in [-0.39, 0.29) is 11.9 Å². The number of β-amino-alcohol motifs (C(OH)–C–C–N with tert-alkyl or cyclic N) is 1. The molecule has 2 aromatic rings. The fourth-order valence-electron chi connectivity index (χ4n) is 2.96. The summed E-state index contributed by atoms with van der Waals surface area (Å²) in [6.07, 6.45) is 1.50. The number of fused-ring (bicyclic) bond motifs is 1. The number of hydrogen-bond acceptors (Lipinski definition) is 5. The van der Waals surface area contributed by atoms with Crippen molar-refractivity contribution in [3.8, 4) is 5.75 Å². The molecule has 2 heterocycles. The van der Waals surface area contributed by atoms with E-state index in [1.54, 1.807) is 19.1 Å². The van der Waals surface area contributed by atoms with Crippen molar-refractivity contribution >= 4 is 11.0 Å². The van der Waals surface area contributed by atoms with Gasteiger partial charge in [0.15, 0.2) is 0 Å². The van der Waals surface area contributed by atoms with Crippen molar-refractivity contribution in [2.75, 3.05) is 13.1 Å². The van der Waals surface area contributed by atoms with Gasteiger partial charge in [-0.1, -0.05) is 0 Å². The Labute approximate surface area is 122 Å². The summed E-state index contributed by atoms with van der Waals surface area (Å²) >= 11 is 0. The molecule has 5 heteroatoms. The van der Waals surface area contributed by atoms with Gasteiger partial charge in [0, 0.05) is 30.1 Å².